The highest BCUT2D eigenvalue weighted by Gasteiger charge is 2.10. The fraction of sp³-hybridized carbons (Fsp3) is 0.400. The first-order valence-corrected chi connectivity index (χ1v) is 8.00. The third-order valence-electron chi connectivity index (χ3n) is 3.01. The molecule has 7 heteroatoms. The fourth-order valence-electron chi connectivity index (χ4n) is 1.93. The zero-order valence-electron chi connectivity index (χ0n) is 12.1. The molecule has 0 spiro atoms. The summed E-state index contributed by atoms with van der Waals surface area (Å²) in [5, 5.41) is 13.2. The molecule has 0 aliphatic carbocycles. The van der Waals surface area contributed by atoms with E-state index in [1.54, 1.807) is 0 Å². The Bertz CT molecular complexity index is 607. The second-order valence-electron chi connectivity index (χ2n) is 4.85. The molecular formula is C15H18N2O4S. The molecule has 2 aromatic heterocycles. The van der Waals surface area contributed by atoms with E-state index in [1.165, 1.54) is 17.6 Å². The zero-order valence-corrected chi connectivity index (χ0v) is 12.9. The Labute approximate surface area is 132 Å². The Balaban J connectivity index is 1.66. The summed E-state index contributed by atoms with van der Waals surface area (Å²) in [6, 6.07) is 3.83. The van der Waals surface area contributed by atoms with Crippen LogP contribution < -0.4 is 5.32 Å². The maximum atomic E-state index is 11.8. The number of hydrogen-bond acceptors (Lipinski definition) is 5. The molecule has 0 saturated heterocycles. The van der Waals surface area contributed by atoms with Gasteiger partial charge in [0, 0.05) is 13.0 Å². The summed E-state index contributed by atoms with van der Waals surface area (Å²) in [6.45, 7) is 0.550. The quantitative estimate of drug-likeness (QED) is 0.692. The van der Waals surface area contributed by atoms with Crippen molar-refractivity contribution in [3.63, 3.8) is 0 Å². The zero-order chi connectivity index (χ0) is 15.8. The van der Waals surface area contributed by atoms with Crippen molar-refractivity contribution in [3.8, 4) is 10.8 Å². The van der Waals surface area contributed by atoms with Crippen LogP contribution in [0, 0.1) is 0 Å². The second-order valence-corrected chi connectivity index (χ2v) is 5.80. The predicted molar refractivity (Wildman–Crippen MR) is 82.6 cm³/mol. The van der Waals surface area contributed by atoms with Crippen molar-refractivity contribution in [2.24, 2.45) is 0 Å². The van der Waals surface area contributed by atoms with Gasteiger partial charge in [0.05, 0.1) is 17.0 Å². The minimum absolute atomic E-state index is 0.107. The third kappa shape index (κ3) is 5.33. The lowest BCUT2D eigenvalue weighted by molar-refractivity contribution is -0.137. The van der Waals surface area contributed by atoms with Crippen molar-refractivity contribution < 1.29 is 19.1 Å². The van der Waals surface area contributed by atoms with Gasteiger partial charge in [0.1, 0.15) is 6.26 Å². The van der Waals surface area contributed by atoms with Crippen molar-refractivity contribution >= 4 is 23.2 Å². The van der Waals surface area contributed by atoms with Gasteiger partial charge in [-0.05, 0) is 24.3 Å². The van der Waals surface area contributed by atoms with Gasteiger partial charge >= 0.3 is 5.97 Å². The predicted octanol–water partition coefficient (Wildman–Crippen LogP) is 2.71. The molecule has 0 fully saturated rings. The largest absolute Gasteiger partial charge is 0.481 e. The van der Waals surface area contributed by atoms with Crippen molar-refractivity contribution in [2.45, 2.75) is 32.1 Å². The van der Waals surface area contributed by atoms with E-state index in [4.69, 9.17) is 9.52 Å². The van der Waals surface area contributed by atoms with E-state index in [1.807, 2.05) is 17.5 Å². The number of carbonyl (C=O) groups excluding carboxylic acids is 1. The minimum atomic E-state index is -0.781. The van der Waals surface area contributed by atoms with E-state index in [0.717, 1.165) is 17.7 Å². The van der Waals surface area contributed by atoms with Crippen LogP contribution in [0.25, 0.3) is 10.8 Å². The molecule has 22 heavy (non-hydrogen) atoms. The van der Waals surface area contributed by atoms with Gasteiger partial charge in [0.2, 0.25) is 11.8 Å². The fourth-order valence-corrected chi connectivity index (χ4v) is 2.59. The van der Waals surface area contributed by atoms with Gasteiger partial charge in [-0.15, -0.1) is 11.3 Å². The van der Waals surface area contributed by atoms with E-state index in [0.29, 0.717) is 24.6 Å². The molecule has 1 amide bonds. The third-order valence-corrected chi connectivity index (χ3v) is 3.87. The Morgan fingerprint density at radius 2 is 2.18 bits per heavy atom. The maximum Gasteiger partial charge on any atom is 0.303 e. The topological polar surface area (TPSA) is 92.4 Å². The van der Waals surface area contributed by atoms with Crippen LogP contribution in [0.4, 0.5) is 0 Å². The van der Waals surface area contributed by atoms with E-state index >= 15 is 0 Å². The number of thiophene rings is 1. The lowest BCUT2D eigenvalue weighted by atomic mass is 10.2. The number of rotatable bonds is 9. The molecule has 0 aliphatic heterocycles. The molecule has 0 saturated carbocycles. The van der Waals surface area contributed by atoms with Crippen molar-refractivity contribution in [1.82, 2.24) is 10.3 Å². The van der Waals surface area contributed by atoms with Crippen molar-refractivity contribution in [2.75, 3.05) is 6.54 Å². The number of nitrogens with zero attached hydrogens (tertiary/aromatic N) is 1. The first kappa shape index (κ1) is 16.2. The minimum Gasteiger partial charge on any atom is -0.481 e. The molecule has 0 radical (unpaired) electrons. The van der Waals surface area contributed by atoms with Gasteiger partial charge in [-0.1, -0.05) is 12.5 Å². The number of unbranched alkanes of at least 4 members (excludes halogenated alkanes) is 2. The number of carboxylic acids is 1. The summed E-state index contributed by atoms with van der Waals surface area (Å²) >= 11 is 1.53. The van der Waals surface area contributed by atoms with E-state index in [9.17, 15) is 9.59 Å². The summed E-state index contributed by atoms with van der Waals surface area (Å²) in [4.78, 5) is 27.3. The summed E-state index contributed by atoms with van der Waals surface area (Å²) in [7, 11) is 0. The summed E-state index contributed by atoms with van der Waals surface area (Å²) in [6.07, 6.45) is 4.07. The molecule has 118 valence electrons. The van der Waals surface area contributed by atoms with E-state index < -0.39 is 5.97 Å². The molecule has 0 atom stereocenters. The lowest BCUT2D eigenvalue weighted by Crippen LogP contribution is -2.26. The highest BCUT2D eigenvalue weighted by atomic mass is 32.1. The van der Waals surface area contributed by atoms with Crippen LogP contribution in [0.15, 0.2) is 28.2 Å². The first-order valence-electron chi connectivity index (χ1n) is 7.12. The number of amides is 1. The average Bonchev–Trinajstić information content (AvgIpc) is 3.12. The highest BCUT2D eigenvalue weighted by Crippen LogP contribution is 2.23. The smallest absolute Gasteiger partial charge is 0.303 e. The Kier molecular flexibility index (Phi) is 6.14. The number of carbonyl (C=O) groups is 2. The molecule has 2 rings (SSSR count). The van der Waals surface area contributed by atoms with E-state index in [-0.39, 0.29) is 18.7 Å². The van der Waals surface area contributed by atoms with Crippen molar-refractivity contribution in [3.05, 3.63) is 29.5 Å². The standard InChI is InChI=1S/C15H18N2O4S/c18-13(16-7-3-1-2-6-14(19)20)9-11-10-21-15(17-11)12-5-4-8-22-12/h4-5,8,10H,1-3,6-7,9H2,(H,16,18)(H,19,20). The van der Waals surface area contributed by atoms with Crippen LogP contribution in [-0.4, -0.2) is 28.5 Å². The molecular weight excluding hydrogens is 304 g/mol. The number of oxazole rings is 1. The Morgan fingerprint density at radius 3 is 2.91 bits per heavy atom. The molecule has 2 aromatic rings. The maximum absolute atomic E-state index is 11.8. The highest BCUT2D eigenvalue weighted by molar-refractivity contribution is 7.13. The van der Waals surface area contributed by atoms with Gasteiger partial charge < -0.3 is 14.8 Å². The molecule has 0 aromatic carbocycles. The van der Waals surface area contributed by atoms with Crippen molar-refractivity contribution in [1.29, 1.82) is 0 Å². The number of carboxylic acid groups (broad SMARTS) is 1. The molecule has 0 unspecified atom stereocenters. The lowest BCUT2D eigenvalue weighted by Gasteiger charge is -2.03. The van der Waals surface area contributed by atoms with Gasteiger partial charge in [-0.3, -0.25) is 9.59 Å². The summed E-state index contributed by atoms with van der Waals surface area (Å²) in [5.41, 5.74) is 0.603. The molecule has 2 heterocycles. The van der Waals surface area contributed by atoms with Crippen LogP contribution in [0.1, 0.15) is 31.4 Å². The van der Waals surface area contributed by atoms with Crippen LogP contribution in [0.2, 0.25) is 0 Å². The van der Waals surface area contributed by atoms with Crippen LogP contribution in [0.3, 0.4) is 0 Å². The van der Waals surface area contributed by atoms with Gasteiger partial charge in [-0.2, -0.15) is 0 Å². The van der Waals surface area contributed by atoms with Crippen LogP contribution in [0.5, 0.6) is 0 Å². The Hall–Kier alpha value is -2.15. The van der Waals surface area contributed by atoms with E-state index in [2.05, 4.69) is 10.3 Å². The first-order chi connectivity index (χ1) is 10.6. The van der Waals surface area contributed by atoms with Crippen LogP contribution >= 0.6 is 11.3 Å². The number of aliphatic carboxylic acids is 1. The Morgan fingerprint density at radius 1 is 1.32 bits per heavy atom. The summed E-state index contributed by atoms with van der Waals surface area (Å²) < 4.78 is 5.35. The number of aromatic nitrogens is 1. The number of hydrogen-bond donors (Lipinski definition) is 2. The van der Waals surface area contributed by atoms with Gasteiger partial charge in [0.25, 0.3) is 0 Å². The molecule has 0 aliphatic rings. The number of nitrogens with one attached hydrogen (secondary N) is 1. The molecule has 6 nitrogen and oxygen atoms in total. The van der Waals surface area contributed by atoms with Gasteiger partial charge in [0.15, 0.2) is 0 Å². The molecule has 2 N–H and O–H groups in total. The average molecular weight is 322 g/mol. The van der Waals surface area contributed by atoms with Gasteiger partial charge in [-0.25, -0.2) is 4.98 Å². The second kappa shape index (κ2) is 8.33. The summed E-state index contributed by atoms with van der Waals surface area (Å²) in [5.74, 6) is -0.354. The SMILES string of the molecule is O=C(O)CCCCCNC(=O)Cc1coc(-c2cccs2)n1. The monoisotopic (exact) mass is 322 g/mol. The van der Waals surface area contributed by atoms with Crippen LogP contribution in [-0.2, 0) is 16.0 Å². The molecule has 0 bridgehead atoms. The normalized spacial score (nSPS) is 10.5.